The molecule has 24 heavy (non-hydrogen) atoms. The number of esters is 1. The zero-order valence-corrected chi connectivity index (χ0v) is 14.4. The number of ether oxygens (including phenoxy) is 4. The van der Waals surface area contributed by atoms with Gasteiger partial charge in [0.05, 0.1) is 6.61 Å². The molecule has 0 aromatic heterocycles. The number of hydrogen-bond donors (Lipinski definition) is 2. The van der Waals surface area contributed by atoms with Crippen LogP contribution in [0, 0.1) is 6.92 Å². The van der Waals surface area contributed by atoms with Crippen LogP contribution in [-0.4, -0.2) is 42.0 Å². The molecule has 1 aliphatic heterocycles. The highest BCUT2D eigenvalue weighted by molar-refractivity contribution is 6.40. The molecule has 0 radical (unpaired) electrons. The van der Waals surface area contributed by atoms with Gasteiger partial charge in [0.25, 0.3) is 0 Å². The second-order valence-corrected chi connectivity index (χ2v) is 6.11. The van der Waals surface area contributed by atoms with Crippen molar-refractivity contribution in [3.8, 4) is 17.2 Å². The Balaban J connectivity index is 2.47. The van der Waals surface area contributed by atoms with E-state index in [4.69, 9.17) is 29.0 Å². The van der Waals surface area contributed by atoms with E-state index in [9.17, 15) is 4.79 Å². The van der Waals surface area contributed by atoms with Crippen LogP contribution >= 0.6 is 0 Å². The number of aryl methyl sites for hydroxylation is 1. The average molecular weight is 338 g/mol. The van der Waals surface area contributed by atoms with Gasteiger partial charge in [0, 0.05) is 13.8 Å². The topological polar surface area (TPSA) is 94.5 Å². The van der Waals surface area contributed by atoms with Crippen molar-refractivity contribution in [1.29, 1.82) is 0 Å². The van der Waals surface area contributed by atoms with Crippen molar-refractivity contribution in [3.05, 3.63) is 17.2 Å². The SMILES string of the molecule is CCCCOc1cc(C)c(OCB(O)O)c2c1C(=O)OC(C)(C)O2. The predicted molar refractivity (Wildman–Crippen MR) is 87.4 cm³/mol. The molecule has 0 saturated carbocycles. The molecule has 2 rings (SSSR count). The van der Waals surface area contributed by atoms with Crippen LogP contribution in [0.1, 0.15) is 49.5 Å². The first kappa shape index (κ1) is 18.4. The molecule has 1 aromatic carbocycles. The van der Waals surface area contributed by atoms with E-state index in [0.29, 0.717) is 17.9 Å². The molecule has 0 fully saturated rings. The molecular formula is C16H23BO7. The summed E-state index contributed by atoms with van der Waals surface area (Å²) in [7, 11) is -1.64. The van der Waals surface area contributed by atoms with Crippen LogP contribution in [0.5, 0.6) is 17.2 Å². The molecule has 8 heteroatoms. The minimum Gasteiger partial charge on any atom is -0.493 e. The number of rotatable bonds is 7. The van der Waals surface area contributed by atoms with Gasteiger partial charge in [-0.1, -0.05) is 13.3 Å². The maximum absolute atomic E-state index is 12.4. The predicted octanol–water partition coefficient (Wildman–Crippen LogP) is 1.85. The summed E-state index contributed by atoms with van der Waals surface area (Å²) >= 11 is 0. The van der Waals surface area contributed by atoms with Crippen molar-refractivity contribution in [2.24, 2.45) is 0 Å². The molecule has 0 aliphatic carbocycles. The van der Waals surface area contributed by atoms with E-state index in [1.54, 1.807) is 26.8 Å². The lowest BCUT2D eigenvalue weighted by atomic mass is 9.94. The number of hydrogen-bond acceptors (Lipinski definition) is 7. The van der Waals surface area contributed by atoms with Gasteiger partial charge in [-0.25, -0.2) is 4.79 Å². The monoisotopic (exact) mass is 338 g/mol. The van der Waals surface area contributed by atoms with Crippen molar-refractivity contribution >= 4 is 13.1 Å². The molecule has 0 spiro atoms. The van der Waals surface area contributed by atoms with Gasteiger partial charge in [-0.15, -0.1) is 0 Å². The summed E-state index contributed by atoms with van der Waals surface area (Å²) in [6.07, 6.45) is 1.81. The van der Waals surface area contributed by atoms with Crippen LogP contribution in [-0.2, 0) is 4.74 Å². The standard InChI is InChI=1S/C16H23BO7/c1-5-6-7-21-11-8-10(2)13(22-9-17(19)20)14-12(11)15(18)24-16(3,4)23-14/h8,19-20H,5-7,9H2,1-4H3. The van der Waals surface area contributed by atoms with E-state index in [1.165, 1.54) is 0 Å². The Kier molecular flexibility index (Phi) is 5.61. The fourth-order valence-corrected chi connectivity index (χ4v) is 2.35. The first-order valence-electron chi connectivity index (χ1n) is 7.97. The average Bonchev–Trinajstić information content (AvgIpc) is 2.44. The van der Waals surface area contributed by atoms with E-state index < -0.39 is 18.9 Å². The van der Waals surface area contributed by atoms with Crippen molar-refractivity contribution < 1.29 is 33.8 Å². The molecule has 1 aliphatic rings. The van der Waals surface area contributed by atoms with E-state index >= 15 is 0 Å². The normalized spacial score (nSPS) is 15.2. The molecule has 0 unspecified atom stereocenters. The van der Waals surface area contributed by atoms with Gasteiger partial charge in [0.2, 0.25) is 5.79 Å². The van der Waals surface area contributed by atoms with E-state index in [-0.39, 0.29) is 23.6 Å². The number of carbonyl (C=O) groups is 1. The van der Waals surface area contributed by atoms with Gasteiger partial charge in [0.1, 0.15) is 17.8 Å². The van der Waals surface area contributed by atoms with E-state index in [0.717, 1.165) is 12.8 Å². The molecule has 0 amide bonds. The summed E-state index contributed by atoms with van der Waals surface area (Å²) in [4.78, 5) is 12.4. The first-order chi connectivity index (χ1) is 11.2. The van der Waals surface area contributed by atoms with Gasteiger partial charge in [0.15, 0.2) is 11.5 Å². The lowest BCUT2D eigenvalue weighted by Crippen LogP contribution is -2.39. The van der Waals surface area contributed by atoms with Crippen LogP contribution in [0.4, 0.5) is 0 Å². The third kappa shape index (κ3) is 4.13. The molecule has 1 heterocycles. The number of cyclic esters (lactones) is 1. The third-order valence-corrected chi connectivity index (χ3v) is 3.41. The molecule has 0 bridgehead atoms. The van der Waals surface area contributed by atoms with Crippen molar-refractivity contribution in [2.75, 3.05) is 13.1 Å². The minimum absolute atomic E-state index is 0.151. The summed E-state index contributed by atoms with van der Waals surface area (Å²) in [5.74, 6) is -0.890. The van der Waals surface area contributed by atoms with Gasteiger partial charge in [-0.3, -0.25) is 0 Å². The first-order valence-corrected chi connectivity index (χ1v) is 7.97. The lowest BCUT2D eigenvalue weighted by Gasteiger charge is -2.33. The van der Waals surface area contributed by atoms with Crippen LogP contribution < -0.4 is 14.2 Å². The zero-order valence-electron chi connectivity index (χ0n) is 14.4. The highest BCUT2D eigenvalue weighted by Gasteiger charge is 2.39. The highest BCUT2D eigenvalue weighted by atomic mass is 16.7. The second kappa shape index (κ2) is 7.31. The highest BCUT2D eigenvalue weighted by Crippen LogP contribution is 2.45. The summed E-state index contributed by atoms with van der Waals surface area (Å²) in [5, 5.41) is 18.1. The largest absolute Gasteiger partial charge is 0.493 e. The fraction of sp³-hybridized carbons (Fsp3) is 0.562. The summed E-state index contributed by atoms with van der Waals surface area (Å²) in [5.41, 5.74) is 0.810. The Morgan fingerprint density at radius 2 is 1.96 bits per heavy atom. The Morgan fingerprint density at radius 1 is 1.25 bits per heavy atom. The minimum atomic E-state index is -1.64. The second-order valence-electron chi connectivity index (χ2n) is 6.11. The summed E-state index contributed by atoms with van der Waals surface area (Å²) < 4.78 is 22.2. The molecule has 132 valence electrons. The third-order valence-electron chi connectivity index (χ3n) is 3.41. The maximum Gasteiger partial charge on any atom is 0.491 e. The van der Waals surface area contributed by atoms with Crippen molar-refractivity contribution in [3.63, 3.8) is 0 Å². The number of unbranched alkanes of at least 4 members (excludes halogenated alkanes) is 1. The summed E-state index contributed by atoms with van der Waals surface area (Å²) in [6, 6.07) is 1.66. The fourth-order valence-electron chi connectivity index (χ4n) is 2.35. The van der Waals surface area contributed by atoms with Crippen molar-refractivity contribution in [1.82, 2.24) is 0 Å². The van der Waals surface area contributed by atoms with E-state index in [1.807, 2.05) is 6.92 Å². The van der Waals surface area contributed by atoms with Crippen molar-refractivity contribution in [2.45, 2.75) is 46.3 Å². The van der Waals surface area contributed by atoms with E-state index in [2.05, 4.69) is 0 Å². The Hall–Kier alpha value is -1.93. The van der Waals surface area contributed by atoms with Gasteiger partial charge < -0.3 is 29.0 Å². The van der Waals surface area contributed by atoms with Crippen LogP contribution in [0.3, 0.4) is 0 Å². The van der Waals surface area contributed by atoms with Crippen LogP contribution in [0.25, 0.3) is 0 Å². The van der Waals surface area contributed by atoms with Gasteiger partial charge in [-0.2, -0.15) is 0 Å². The van der Waals surface area contributed by atoms with Crippen LogP contribution in [0.15, 0.2) is 6.07 Å². The van der Waals surface area contributed by atoms with Gasteiger partial charge >= 0.3 is 13.1 Å². The molecule has 0 saturated heterocycles. The number of fused-ring (bicyclic) bond motifs is 1. The molecule has 7 nitrogen and oxygen atoms in total. The Bertz CT molecular complexity index is 613. The smallest absolute Gasteiger partial charge is 0.491 e. The summed E-state index contributed by atoms with van der Waals surface area (Å²) in [6.45, 7) is 7.15. The lowest BCUT2D eigenvalue weighted by molar-refractivity contribution is -0.128. The van der Waals surface area contributed by atoms with Gasteiger partial charge in [-0.05, 0) is 25.0 Å². The number of carbonyl (C=O) groups excluding carboxylic acids is 1. The molecule has 2 N–H and O–H groups in total. The molecular weight excluding hydrogens is 315 g/mol. The number of benzene rings is 1. The van der Waals surface area contributed by atoms with Crippen LogP contribution in [0.2, 0.25) is 0 Å². The Morgan fingerprint density at radius 3 is 2.58 bits per heavy atom. The zero-order chi connectivity index (χ0) is 17.9. The molecule has 1 aromatic rings. The maximum atomic E-state index is 12.4. The molecule has 0 atom stereocenters. The quantitative estimate of drug-likeness (QED) is 0.445. The Labute approximate surface area is 141 Å².